The summed E-state index contributed by atoms with van der Waals surface area (Å²) in [5.41, 5.74) is 4.82. The van der Waals surface area contributed by atoms with Crippen LogP contribution in [0.1, 0.15) is 11.1 Å². The van der Waals surface area contributed by atoms with Gasteiger partial charge in [-0.15, -0.1) is 10.2 Å². The van der Waals surface area contributed by atoms with Gasteiger partial charge in [0.1, 0.15) is 0 Å². The highest BCUT2D eigenvalue weighted by Crippen LogP contribution is 2.23. The van der Waals surface area contributed by atoms with Crippen LogP contribution in [-0.4, -0.2) is 25.2 Å². The molecule has 22 heavy (non-hydrogen) atoms. The minimum atomic E-state index is 0.619. The molecule has 0 atom stereocenters. The molecule has 4 rings (SSSR count). The Balaban J connectivity index is 1.73. The maximum atomic E-state index is 4.03. The second kappa shape index (κ2) is 5.11. The molecule has 0 unspecified atom stereocenters. The lowest BCUT2D eigenvalue weighted by molar-refractivity contribution is 0.830. The lowest BCUT2D eigenvalue weighted by atomic mass is 10.1. The van der Waals surface area contributed by atoms with Gasteiger partial charge in [0, 0.05) is 29.2 Å². The number of tetrazole rings is 1. The molecule has 0 radical (unpaired) electrons. The van der Waals surface area contributed by atoms with E-state index in [2.05, 4.69) is 80.8 Å². The fourth-order valence-electron chi connectivity index (χ4n) is 2.73. The van der Waals surface area contributed by atoms with E-state index in [-0.39, 0.29) is 0 Å². The molecule has 0 aliphatic carbocycles. The van der Waals surface area contributed by atoms with Crippen molar-refractivity contribution in [3.05, 3.63) is 65.9 Å². The van der Waals surface area contributed by atoms with Gasteiger partial charge >= 0.3 is 0 Å². The van der Waals surface area contributed by atoms with E-state index in [4.69, 9.17) is 0 Å². The zero-order valence-corrected chi connectivity index (χ0v) is 12.2. The summed E-state index contributed by atoms with van der Waals surface area (Å²) in [5, 5.41) is 15.3. The number of nitrogens with zero attached hydrogens (tertiary/aromatic N) is 4. The zero-order valence-electron chi connectivity index (χ0n) is 12.2. The Morgan fingerprint density at radius 2 is 2.00 bits per heavy atom. The van der Waals surface area contributed by atoms with Gasteiger partial charge < -0.3 is 4.57 Å². The van der Waals surface area contributed by atoms with E-state index >= 15 is 0 Å². The van der Waals surface area contributed by atoms with E-state index in [0.29, 0.717) is 5.82 Å². The highest BCUT2D eigenvalue weighted by atomic mass is 15.5. The van der Waals surface area contributed by atoms with Crippen LogP contribution in [0.5, 0.6) is 0 Å². The number of rotatable bonds is 3. The number of fused-ring (bicyclic) bond motifs is 1. The Bertz CT molecular complexity index is 921. The molecule has 0 aliphatic rings. The van der Waals surface area contributed by atoms with Crippen molar-refractivity contribution >= 4 is 10.9 Å². The van der Waals surface area contributed by atoms with Gasteiger partial charge in [0.05, 0.1) is 0 Å². The molecule has 0 saturated heterocycles. The van der Waals surface area contributed by atoms with Crippen molar-refractivity contribution in [1.29, 1.82) is 0 Å². The van der Waals surface area contributed by atoms with Crippen LogP contribution in [0.3, 0.4) is 0 Å². The lowest BCUT2D eigenvalue weighted by Gasteiger charge is -2.08. The first-order valence-electron chi connectivity index (χ1n) is 7.18. The summed E-state index contributed by atoms with van der Waals surface area (Å²) >= 11 is 0. The van der Waals surface area contributed by atoms with Crippen molar-refractivity contribution in [2.75, 3.05) is 0 Å². The molecule has 4 aromatic rings. The number of nitrogens with one attached hydrogen (secondary N) is 1. The fraction of sp³-hybridized carbons (Fsp3) is 0.118. The van der Waals surface area contributed by atoms with Crippen molar-refractivity contribution in [2.24, 2.45) is 0 Å². The zero-order chi connectivity index (χ0) is 14.9. The first-order chi connectivity index (χ1) is 10.8. The van der Waals surface area contributed by atoms with E-state index < -0.39 is 0 Å². The summed E-state index contributed by atoms with van der Waals surface area (Å²) in [5.74, 6) is 0.619. The van der Waals surface area contributed by atoms with Crippen molar-refractivity contribution in [3.8, 4) is 11.4 Å². The first-order valence-corrected chi connectivity index (χ1v) is 7.18. The SMILES string of the molecule is Cc1ccccc1Cn1ccc2cc(-c3nn[nH]n3)ccc21. The van der Waals surface area contributed by atoms with Gasteiger partial charge in [-0.2, -0.15) is 5.21 Å². The average Bonchev–Trinajstić information content (AvgIpc) is 3.19. The molecule has 2 aromatic carbocycles. The van der Waals surface area contributed by atoms with Gasteiger partial charge in [0.2, 0.25) is 5.82 Å². The Hall–Kier alpha value is -2.95. The molecule has 0 aliphatic heterocycles. The minimum Gasteiger partial charge on any atom is -0.343 e. The summed E-state index contributed by atoms with van der Waals surface area (Å²) in [6, 6.07) is 16.8. The molecule has 0 bridgehead atoms. The summed E-state index contributed by atoms with van der Waals surface area (Å²) in [4.78, 5) is 0. The van der Waals surface area contributed by atoms with E-state index in [1.54, 1.807) is 0 Å². The van der Waals surface area contributed by atoms with Gasteiger partial charge in [-0.1, -0.05) is 24.3 Å². The predicted octanol–water partition coefficient (Wildman–Crippen LogP) is 3.18. The minimum absolute atomic E-state index is 0.619. The smallest absolute Gasteiger partial charge is 0.204 e. The number of hydrogen-bond acceptors (Lipinski definition) is 3. The van der Waals surface area contributed by atoms with Crippen LogP contribution < -0.4 is 0 Å². The topological polar surface area (TPSA) is 59.4 Å². The van der Waals surface area contributed by atoms with Crippen molar-refractivity contribution in [1.82, 2.24) is 25.2 Å². The second-order valence-electron chi connectivity index (χ2n) is 5.38. The molecule has 0 saturated carbocycles. The average molecular weight is 289 g/mol. The van der Waals surface area contributed by atoms with Gasteiger partial charge in [-0.3, -0.25) is 0 Å². The number of aromatic nitrogens is 5. The van der Waals surface area contributed by atoms with Crippen LogP contribution in [0, 0.1) is 6.92 Å². The molecule has 0 amide bonds. The predicted molar refractivity (Wildman–Crippen MR) is 85.4 cm³/mol. The largest absolute Gasteiger partial charge is 0.343 e. The molecule has 5 nitrogen and oxygen atoms in total. The first kappa shape index (κ1) is 12.8. The highest BCUT2D eigenvalue weighted by Gasteiger charge is 2.07. The third-order valence-corrected chi connectivity index (χ3v) is 3.98. The van der Waals surface area contributed by atoms with E-state index in [9.17, 15) is 0 Å². The lowest BCUT2D eigenvalue weighted by Crippen LogP contribution is -1.99. The van der Waals surface area contributed by atoms with Crippen LogP contribution in [0.25, 0.3) is 22.3 Å². The number of aromatic amines is 1. The van der Waals surface area contributed by atoms with E-state index in [1.807, 2.05) is 6.07 Å². The molecule has 2 heterocycles. The summed E-state index contributed by atoms with van der Waals surface area (Å²) in [6.07, 6.45) is 2.12. The molecular formula is C17H15N5. The summed E-state index contributed by atoms with van der Waals surface area (Å²) in [7, 11) is 0. The Kier molecular flexibility index (Phi) is 2.96. The molecule has 0 fully saturated rings. The Morgan fingerprint density at radius 3 is 2.82 bits per heavy atom. The molecule has 108 valence electrons. The Morgan fingerprint density at radius 1 is 1.09 bits per heavy atom. The van der Waals surface area contributed by atoms with Gasteiger partial charge in [0.15, 0.2) is 0 Å². The number of hydrogen-bond donors (Lipinski definition) is 1. The van der Waals surface area contributed by atoms with Crippen LogP contribution in [0.15, 0.2) is 54.7 Å². The van der Waals surface area contributed by atoms with E-state index in [0.717, 1.165) is 12.1 Å². The highest BCUT2D eigenvalue weighted by molar-refractivity contribution is 5.84. The normalized spacial score (nSPS) is 11.1. The molecule has 2 aromatic heterocycles. The van der Waals surface area contributed by atoms with Gasteiger partial charge in [-0.05, 0) is 47.5 Å². The van der Waals surface area contributed by atoms with Crippen molar-refractivity contribution in [3.63, 3.8) is 0 Å². The monoisotopic (exact) mass is 289 g/mol. The third-order valence-electron chi connectivity index (χ3n) is 3.98. The standard InChI is InChI=1S/C17H15N5/c1-12-4-2-3-5-15(12)11-22-9-8-13-10-14(6-7-16(13)22)17-18-20-21-19-17/h2-10H,11H2,1H3,(H,18,19,20,21). The van der Waals surface area contributed by atoms with Crippen LogP contribution in [-0.2, 0) is 6.54 Å². The molecule has 0 spiro atoms. The molecule has 5 heteroatoms. The van der Waals surface area contributed by atoms with E-state index in [1.165, 1.54) is 22.0 Å². The summed E-state index contributed by atoms with van der Waals surface area (Å²) in [6.45, 7) is 3.02. The van der Waals surface area contributed by atoms with Crippen LogP contribution in [0.4, 0.5) is 0 Å². The van der Waals surface area contributed by atoms with Crippen LogP contribution in [0.2, 0.25) is 0 Å². The quantitative estimate of drug-likeness (QED) is 0.630. The van der Waals surface area contributed by atoms with Crippen LogP contribution >= 0.6 is 0 Å². The van der Waals surface area contributed by atoms with Crippen molar-refractivity contribution in [2.45, 2.75) is 13.5 Å². The maximum Gasteiger partial charge on any atom is 0.204 e. The molecular weight excluding hydrogens is 274 g/mol. The number of aryl methyl sites for hydroxylation is 1. The molecule has 1 N–H and O–H groups in total. The number of benzene rings is 2. The second-order valence-corrected chi connectivity index (χ2v) is 5.38. The number of H-pyrrole nitrogens is 1. The summed E-state index contributed by atoms with van der Waals surface area (Å²) < 4.78 is 2.26. The fourth-order valence-corrected chi connectivity index (χ4v) is 2.73. The van der Waals surface area contributed by atoms with Gasteiger partial charge in [-0.25, -0.2) is 0 Å². The Labute approximate surface area is 127 Å². The van der Waals surface area contributed by atoms with Crippen molar-refractivity contribution < 1.29 is 0 Å². The van der Waals surface area contributed by atoms with Gasteiger partial charge in [0.25, 0.3) is 0 Å². The maximum absolute atomic E-state index is 4.03. The third kappa shape index (κ3) is 2.16.